The Morgan fingerprint density at radius 3 is 1.16 bits per heavy atom. The Labute approximate surface area is 172 Å². The second kappa shape index (κ2) is 13.2. The third kappa shape index (κ3) is 36.3. The summed E-state index contributed by atoms with van der Waals surface area (Å²) >= 11 is 0. The Balaban J connectivity index is -0.000000428. The first-order valence-corrected chi connectivity index (χ1v) is 8.52. The molecular formula is C12H24B3F12N2O2-3. The highest BCUT2D eigenvalue weighted by atomic mass is 19.5. The smallest absolute Gasteiger partial charge is 0.444 e. The average Bonchev–Trinajstić information content (AvgIpc) is 2.36. The number of piperazine rings is 1. The van der Waals surface area contributed by atoms with Gasteiger partial charge in [-0.15, -0.1) is 0 Å². The summed E-state index contributed by atoms with van der Waals surface area (Å²) in [6, 6.07) is 0.771. The number of nitrogens with zero attached hydrogens (tertiary/aromatic N) is 2. The topological polar surface area (TPSA) is 32.8 Å². The van der Waals surface area contributed by atoms with Gasteiger partial charge in [-0.3, -0.25) is 4.90 Å². The molecule has 0 bridgehead atoms. The molecule has 2 atom stereocenters. The molecule has 0 unspecified atom stereocenters. The molecule has 0 radical (unpaired) electrons. The molecule has 1 aliphatic heterocycles. The number of hydrogen-bond donors (Lipinski definition) is 0. The van der Waals surface area contributed by atoms with Crippen molar-refractivity contribution in [1.82, 2.24) is 9.80 Å². The van der Waals surface area contributed by atoms with Crippen molar-refractivity contribution in [2.45, 2.75) is 52.3 Å². The van der Waals surface area contributed by atoms with Gasteiger partial charge in [0.15, 0.2) is 0 Å². The number of carbonyl (C=O) groups excluding carboxylic acids is 1. The lowest BCUT2D eigenvalue weighted by atomic mass is 10.1. The zero-order valence-electron chi connectivity index (χ0n) is 17.5. The first-order valence-electron chi connectivity index (χ1n) is 8.52. The molecular weight excluding hydrogens is 465 g/mol. The van der Waals surface area contributed by atoms with Crippen molar-refractivity contribution < 1.29 is 61.3 Å². The summed E-state index contributed by atoms with van der Waals surface area (Å²) < 4.78 is 122. The second-order valence-electron chi connectivity index (χ2n) is 7.23. The van der Waals surface area contributed by atoms with Gasteiger partial charge in [-0.1, -0.05) is 0 Å². The van der Waals surface area contributed by atoms with Gasteiger partial charge in [-0.2, -0.15) is 0 Å². The number of rotatable bonds is 0. The van der Waals surface area contributed by atoms with Crippen LogP contribution in [0.4, 0.5) is 56.6 Å². The second-order valence-corrected chi connectivity index (χ2v) is 7.23. The fourth-order valence-corrected chi connectivity index (χ4v) is 1.88. The van der Waals surface area contributed by atoms with E-state index in [0.29, 0.717) is 12.1 Å². The fraction of sp³-hybridized carbons (Fsp3) is 0.917. The van der Waals surface area contributed by atoms with Crippen LogP contribution in [0.25, 0.3) is 0 Å². The van der Waals surface area contributed by atoms with Crippen molar-refractivity contribution in [3.05, 3.63) is 0 Å². The van der Waals surface area contributed by atoms with Gasteiger partial charge in [0.25, 0.3) is 0 Å². The van der Waals surface area contributed by atoms with Gasteiger partial charge < -0.3 is 61.4 Å². The highest BCUT2D eigenvalue weighted by Crippen LogP contribution is 2.17. The predicted molar refractivity (Wildman–Crippen MR) is 95.1 cm³/mol. The minimum atomic E-state index is -6.00. The van der Waals surface area contributed by atoms with Crippen molar-refractivity contribution in [1.29, 1.82) is 0 Å². The molecule has 1 fully saturated rings. The number of hydrogen-bond acceptors (Lipinski definition) is 3. The summed E-state index contributed by atoms with van der Waals surface area (Å²) in [4.78, 5) is 16.0. The average molecular weight is 489 g/mol. The van der Waals surface area contributed by atoms with Crippen LogP contribution < -0.4 is 0 Å². The molecule has 19 heteroatoms. The van der Waals surface area contributed by atoms with E-state index in [4.69, 9.17) is 4.74 Å². The summed E-state index contributed by atoms with van der Waals surface area (Å²) in [5.74, 6) is 0. The van der Waals surface area contributed by atoms with E-state index >= 15 is 0 Å². The van der Waals surface area contributed by atoms with Crippen LogP contribution in [0.15, 0.2) is 0 Å². The highest BCUT2D eigenvalue weighted by molar-refractivity contribution is 6.50. The molecule has 0 aromatic heterocycles. The van der Waals surface area contributed by atoms with Gasteiger partial charge in [0, 0.05) is 25.2 Å². The monoisotopic (exact) mass is 489 g/mol. The molecule has 1 aliphatic rings. The van der Waals surface area contributed by atoms with Crippen LogP contribution in [0.1, 0.15) is 34.6 Å². The zero-order chi connectivity index (χ0) is 26.0. The van der Waals surface area contributed by atoms with E-state index in [2.05, 4.69) is 25.8 Å². The van der Waals surface area contributed by atoms with E-state index in [1.54, 1.807) is 4.90 Å². The summed E-state index contributed by atoms with van der Waals surface area (Å²) in [6.45, 7) is 11.4. The molecule has 1 amide bonds. The molecule has 0 spiro atoms. The van der Waals surface area contributed by atoms with E-state index in [0.717, 1.165) is 13.1 Å². The van der Waals surface area contributed by atoms with E-state index in [1.165, 1.54) is 0 Å². The van der Waals surface area contributed by atoms with Crippen LogP contribution in [0, 0.1) is 0 Å². The first kappa shape index (κ1) is 34.2. The maximum absolute atomic E-state index is 11.9. The lowest BCUT2D eigenvalue weighted by Crippen LogP contribution is -2.57. The number of halogens is 12. The summed E-state index contributed by atoms with van der Waals surface area (Å²) in [5.41, 5.74) is -0.410. The van der Waals surface area contributed by atoms with E-state index in [-0.39, 0.29) is 6.09 Å². The minimum Gasteiger partial charge on any atom is -0.444 e. The molecule has 190 valence electrons. The largest absolute Gasteiger partial charge is 0.673 e. The minimum absolute atomic E-state index is 0.195. The van der Waals surface area contributed by atoms with Crippen LogP contribution in [-0.2, 0) is 4.74 Å². The van der Waals surface area contributed by atoms with Gasteiger partial charge in [-0.05, 0) is 41.7 Å². The van der Waals surface area contributed by atoms with Gasteiger partial charge in [0.05, 0.1) is 0 Å². The number of amides is 1. The third-order valence-electron chi connectivity index (χ3n) is 3.01. The van der Waals surface area contributed by atoms with Crippen molar-refractivity contribution in [3.63, 3.8) is 0 Å². The predicted octanol–water partition coefficient (Wildman–Crippen LogP) is 5.85. The van der Waals surface area contributed by atoms with Crippen molar-refractivity contribution in [3.8, 4) is 0 Å². The fourth-order valence-electron chi connectivity index (χ4n) is 1.88. The molecule has 1 heterocycles. The Kier molecular flexibility index (Phi) is 14.6. The van der Waals surface area contributed by atoms with Crippen LogP contribution in [0.2, 0.25) is 0 Å². The maximum atomic E-state index is 11.9. The van der Waals surface area contributed by atoms with Crippen LogP contribution >= 0.6 is 0 Å². The molecule has 0 aliphatic carbocycles. The number of ether oxygens (including phenoxy) is 1. The maximum Gasteiger partial charge on any atom is 0.673 e. The van der Waals surface area contributed by atoms with Crippen LogP contribution in [-0.4, -0.2) is 75.5 Å². The van der Waals surface area contributed by atoms with Crippen LogP contribution in [0.5, 0.6) is 0 Å². The van der Waals surface area contributed by atoms with E-state index in [9.17, 15) is 56.6 Å². The quantitative estimate of drug-likeness (QED) is 0.317. The Morgan fingerprint density at radius 1 is 0.742 bits per heavy atom. The number of carbonyl (C=O) groups is 1. The third-order valence-corrected chi connectivity index (χ3v) is 3.01. The Hall–Kier alpha value is -1.42. The Bertz CT molecular complexity index is 452. The summed E-state index contributed by atoms with van der Waals surface area (Å²) in [7, 11) is -15.9. The highest BCUT2D eigenvalue weighted by Gasteiger charge is 2.31. The lowest BCUT2D eigenvalue weighted by Gasteiger charge is -2.42. The summed E-state index contributed by atoms with van der Waals surface area (Å²) in [6.07, 6.45) is -0.195. The van der Waals surface area contributed by atoms with Crippen molar-refractivity contribution in [2.75, 3.05) is 20.1 Å². The first-order chi connectivity index (χ1) is 13.2. The van der Waals surface area contributed by atoms with Gasteiger partial charge >= 0.3 is 27.9 Å². The molecule has 0 N–H and O–H groups in total. The van der Waals surface area contributed by atoms with Gasteiger partial charge in [0.2, 0.25) is 0 Å². The number of likely N-dealkylation sites (N-methyl/N-ethyl adjacent to an activating group) is 1. The molecule has 0 saturated carbocycles. The lowest BCUT2D eigenvalue weighted by molar-refractivity contribution is -0.00140. The zero-order valence-corrected chi connectivity index (χ0v) is 17.5. The van der Waals surface area contributed by atoms with E-state index in [1.807, 2.05) is 20.8 Å². The Morgan fingerprint density at radius 2 is 0.968 bits per heavy atom. The van der Waals surface area contributed by atoms with E-state index < -0.39 is 27.4 Å². The van der Waals surface area contributed by atoms with Gasteiger partial charge in [-0.25, -0.2) is 4.79 Å². The normalized spacial score (nSPS) is 20.3. The van der Waals surface area contributed by atoms with Crippen molar-refractivity contribution >= 4 is 27.9 Å². The molecule has 1 rings (SSSR count). The molecule has 0 aromatic carbocycles. The molecule has 1 saturated heterocycles. The molecule has 31 heavy (non-hydrogen) atoms. The molecule has 4 nitrogen and oxygen atoms in total. The van der Waals surface area contributed by atoms with Gasteiger partial charge in [0.1, 0.15) is 5.60 Å². The standard InChI is InChI=1S/C12H24N2O2.3BF4/c1-9-7-14(8-10(2)13(9)6)11(15)16-12(3,4)5;3*2-1(3,4)5/h9-10H,7-8H2,1-6H3;;;/q;3*-1/t9-,10+;;;. The summed E-state index contributed by atoms with van der Waals surface area (Å²) in [5, 5.41) is 0. The SMILES string of the molecule is C[C@@H]1CN(C(=O)OC(C)(C)C)C[C@H](C)N1C.F[B-](F)(F)F.F[B-](F)(F)F.F[B-](F)(F)F. The molecule has 0 aromatic rings. The van der Waals surface area contributed by atoms with Crippen LogP contribution in [0.3, 0.4) is 0 Å². The van der Waals surface area contributed by atoms with Crippen molar-refractivity contribution in [2.24, 2.45) is 0 Å².